The molecular formula is C14H18N2O2. The maximum atomic E-state index is 11.6. The Morgan fingerprint density at radius 3 is 2.61 bits per heavy atom. The molecule has 4 nitrogen and oxygen atoms in total. The van der Waals surface area contributed by atoms with Gasteiger partial charge in [0.1, 0.15) is 6.42 Å². The van der Waals surface area contributed by atoms with Gasteiger partial charge in [-0.25, -0.2) is 0 Å². The number of hydrogen-bond donors (Lipinski definition) is 2. The lowest BCUT2D eigenvalue weighted by molar-refractivity contribution is -0.126. The molecule has 18 heavy (non-hydrogen) atoms. The van der Waals surface area contributed by atoms with E-state index in [-0.39, 0.29) is 18.2 Å². The van der Waals surface area contributed by atoms with Crippen LogP contribution in [0.25, 0.3) is 0 Å². The minimum Gasteiger partial charge on any atom is -0.352 e. The van der Waals surface area contributed by atoms with Crippen molar-refractivity contribution in [2.75, 3.05) is 11.9 Å². The third-order valence-electron chi connectivity index (χ3n) is 2.42. The number of carbonyl (C=O) groups excluding carboxylic acids is 2. The molecular weight excluding hydrogens is 228 g/mol. The third-order valence-corrected chi connectivity index (χ3v) is 2.42. The van der Waals surface area contributed by atoms with Gasteiger partial charge in [0.05, 0.1) is 0 Å². The second kappa shape index (κ2) is 6.59. The number of rotatable bonds is 5. The zero-order valence-electron chi connectivity index (χ0n) is 10.7. The topological polar surface area (TPSA) is 58.2 Å². The summed E-state index contributed by atoms with van der Waals surface area (Å²) in [6.45, 7) is 7.76. The first-order chi connectivity index (χ1) is 8.52. The fraction of sp³-hybridized carbons (Fsp3) is 0.286. The van der Waals surface area contributed by atoms with E-state index in [1.165, 1.54) is 0 Å². The van der Waals surface area contributed by atoms with Gasteiger partial charge in [0.15, 0.2) is 0 Å². The molecule has 2 N–H and O–H groups in total. The summed E-state index contributed by atoms with van der Waals surface area (Å²) >= 11 is 0. The monoisotopic (exact) mass is 246 g/mol. The predicted molar refractivity (Wildman–Crippen MR) is 72.4 cm³/mol. The molecule has 0 unspecified atom stereocenters. The van der Waals surface area contributed by atoms with Crippen LogP contribution in [0.4, 0.5) is 5.69 Å². The minimum atomic E-state index is -0.316. The molecule has 0 aromatic heterocycles. The highest BCUT2D eigenvalue weighted by molar-refractivity contribution is 6.03. The highest BCUT2D eigenvalue weighted by atomic mass is 16.2. The minimum absolute atomic E-state index is 0.179. The highest BCUT2D eigenvalue weighted by Crippen LogP contribution is 2.15. The van der Waals surface area contributed by atoms with E-state index in [1.807, 2.05) is 32.0 Å². The quantitative estimate of drug-likeness (QED) is 0.616. The van der Waals surface area contributed by atoms with Crippen molar-refractivity contribution in [1.29, 1.82) is 0 Å². The molecule has 0 radical (unpaired) electrons. The molecule has 0 atom stereocenters. The average Bonchev–Trinajstić information content (AvgIpc) is 2.30. The van der Waals surface area contributed by atoms with Crippen LogP contribution in [0, 0.1) is 13.8 Å². The van der Waals surface area contributed by atoms with E-state index < -0.39 is 0 Å². The first-order valence-corrected chi connectivity index (χ1v) is 5.77. The molecule has 96 valence electrons. The van der Waals surface area contributed by atoms with E-state index in [9.17, 15) is 9.59 Å². The summed E-state index contributed by atoms with van der Waals surface area (Å²) in [6.07, 6.45) is 1.39. The molecule has 0 saturated heterocycles. The smallest absolute Gasteiger partial charge is 0.233 e. The fourth-order valence-corrected chi connectivity index (χ4v) is 1.54. The van der Waals surface area contributed by atoms with Crippen molar-refractivity contribution in [1.82, 2.24) is 5.32 Å². The molecule has 0 heterocycles. The first kappa shape index (κ1) is 14.0. The summed E-state index contributed by atoms with van der Waals surface area (Å²) < 4.78 is 0. The van der Waals surface area contributed by atoms with Gasteiger partial charge in [-0.05, 0) is 25.5 Å². The largest absolute Gasteiger partial charge is 0.352 e. The Balaban J connectivity index is 2.54. The van der Waals surface area contributed by atoms with Crippen LogP contribution in [-0.2, 0) is 9.59 Å². The molecule has 0 saturated carbocycles. The van der Waals surface area contributed by atoms with Crippen molar-refractivity contribution in [3.63, 3.8) is 0 Å². The normalized spacial score (nSPS) is 9.67. The van der Waals surface area contributed by atoms with Gasteiger partial charge in [-0.3, -0.25) is 9.59 Å². The molecule has 2 amide bonds. The molecule has 0 bridgehead atoms. The van der Waals surface area contributed by atoms with Gasteiger partial charge in [0, 0.05) is 12.2 Å². The molecule has 0 spiro atoms. The number of aryl methyl sites for hydroxylation is 2. The van der Waals surface area contributed by atoms with Gasteiger partial charge < -0.3 is 10.6 Å². The lowest BCUT2D eigenvalue weighted by Gasteiger charge is -2.09. The second-order valence-electron chi connectivity index (χ2n) is 4.14. The summed E-state index contributed by atoms with van der Waals surface area (Å²) in [5.41, 5.74) is 2.85. The van der Waals surface area contributed by atoms with E-state index >= 15 is 0 Å². The number of benzene rings is 1. The summed E-state index contributed by atoms with van der Waals surface area (Å²) in [6, 6.07) is 5.73. The summed E-state index contributed by atoms with van der Waals surface area (Å²) in [5, 5.41) is 5.27. The maximum Gasteiger partial charge on any atom is 0.233 e. The Morgan fingerprint density at radius 2 is 2.00 bits per heavy atom. The van der Waals surface area contributed by atoms with Gasteiger partial charge in [0.2, 0.25) is 11.8 Å². The second-order valence-corrected chi connectivity index (χ2v) is 4.14. The SMILES string of the molecule is C=CCNC(=O)CC(=O)Nc1ccc(C)cc1C. The lowest BCUT2D eigenvalue weighted by atomic mass is 10.1. The molecule has 0 aliphatic heterocycles. The predicted octanol–water partition coefficient (Wildman–Crippen LogP) is 1.93. The molecule has 1 aromatic rings. The van der Waals surface area contributed by atoms with E-state index in [1.54, 1.807) is 6.08 Å². The number of anilines is 1. The van der Waals surface area contributed by atoms with Crippen molar-refractivity contribution < 1.29 is 9.59 Å². The van der Waals surface area contributed by atoms with Crippen LogP contribution in [0.1, 0.15) is 17.5 Å². The van der Waals surface area contributed by atoms with Gasteiger partial charge >= 0.3 is 0 Å². The van der Waals surface area contributed by atoms with Crippen LogP contribution in [0.2, 0.25) is 0 Å². The van der Waals surface area contributed by atoms with E-state index in [0.29, 0.717) is 6.54 Å². The van der Waals surface area contributed by atoms with E-state index in [4.69, 9.17) is 0 Å². The van der Waals surface area contributed by atoms with E-state index in [2.05, 4.69) is 17.2 Å². The highest BCUT2D eigenvalue weighted by Gasteiger charge is 2.09. The van der Waals surface area contributed by atoms with Gasteiger partial charge in [0.25, 0.3) is 0 Å². The van der Waals surface area contributed by atoms with Gasteiger partial charge in [-0.2, -0.15) is 0 Å². The van der Waals surface area contributed by atoms with Crippen molar-refractivity contribution in [2.45, 2.75) is 20.3 Å². The molecule has 0 aliphatic rings. The summed E-state index contributed by atoms with van der Waals surface area (Å²) in [7, 11) is 0. The third kappa shape index (κ3) is 4.41. The standard InChI is InChI=1S/C14H18N2O2/c1-4-7-15-13(17)9-14(18)16-12-6-5-10(2)8-11(12)3/h4-6,8H,1,7,9H2,2-3H3,(H,15,17)(H,16,18). The van der Waals surface area contributed by atoms with E-state index in [0.717, 1.165) is 16.8 Å². The Morgan fingerprint density at radius 1 is 1.28 bits per heavy atom. The average molecular weight is 246 g/mol. The Kier molecular flexibility index (Phi) is 5.11. The lowest BCUT2D eigenvalue weighted by Crippen LogP contribution is -2.28. The number of carbonyl (C=O) groups is 2. The van der Waals surface area contributed by atoms with Crippen LogP contribution in [-0.4, -0.2) is 18.4 Å². The Hall–Kier alpha value is -2.10. The van der Waals surface area contributed by atoms with Crippen LogP contribution in [0.5, 0.6) is 0 Å². The molecule has 0 fully saturated rings. The van der Waals surface area contributed by atoms with Crippen molar-refractivity contribution in [3.05, 3.63) is 42.0 Å². The van der Waals surface area contributed by atoms with Crippen LogP contribution in [0.15, 0.2) is 30.9 Å². The van der Waals surface area contributed by atoms with Crippen LogP contribution in [0.3, 0.4) is 0 Å². The van der Waals surface area contributed by atoms with Crippen LogP contribution < -0.4 is 10.6 Å². The number of amides is 2. The van der Waals surface area contributed by atoms with Crippen molar-refractivity contribution >= 4 is 17.5 Å². The zero-order chi connectivity index (χ0) is 13.5. The summed E-state index contributed by atoms with van der Waals surface area (Å²) in [5.74, 6) is -0.624. The molecule has 4 heteroatoms. The summed E-state index contributed by atoms with van der Waals surface area (Å²) in [4.78, 5) is 22.9. The van der Waals surface area contributed by atoms with Crippen molar-refractivity contribution in [3.8, 4) is 0 Å². The maximum absolute atomic E-state index is 11.6. The number of nitrogens with one attached hydrogen (secondary N) is 2. The van der Waals surface area contributed by atoms with Crippen molar-refractivity contribution in [2.24, 2.45) is 0 Å². The number of hydrogen-bond acceptors (Lipinski definition) is 2. The molecule has 1 rings (SSSR count). The van der Waals surface area contributed by atoms with Crippen LogP contribution >= 0.6 is 0 Å². The molecule has 1 aromatic carbocycles. The Bertz CT molecular complexity index is 467. The fourth-order valence-electron chi connectivity index (χ4n) is 1.54. The van der Waals surface area contributed by atoms with Gasteiger partial charge in [-0.1, -0.05) is 23.8 Å². The first-order valence-electron chi connectivity index (χ1n) is 5.77. The van der Waals surface area contributed by atoms with Gasteiger partial charge in [-0.15, -0.1) is 6.58 Å². The Labute approximate surface area is 107 Å². The molecule has 0 aliphatic carbocycles. The zero-order valence-corrected chi connectivity index (χ0v) is 10.7.